The second kappa shape index (κ2) is 5.35. The Labute approximate surface area is 105 Å². The number of nitrogens with zero attached hydrogens (tertiary/aromatic N) is 1. The summed E-state index contributed by atoms with van der Waals surface area (Å²) in [4.78, 5) is 13.7. The number of halogens is 1. The molecule has 1 heterocycles. The van der Waals surface area contributed by atoms with Crippen LogP contribution in [-0.2, 0) is 4.74 Å². The predicted octanol–water partition coefficient (Wildman–Crippen LogP) is 1.78. The zero-order valence-electron chi connectivity index (χ0n) is 10.2. The summed E-state index contributed by atoms with van der Waals surface area (Å²) in [7, 11) is 0. The van der Waals surface area contributed by atoms with E-state index in [1.165, 1.54) is 12.1 Å². The number of carbonyl (C=O) groups is 1. The summed E-state index contributed by atoms with van der Waals surface area (Å²) in [5.74, 6) is -1.23. The topological polar surface area (TPSA) is 49.8 Å². The Morgan fingerprint density at radius 2 is 2.39 bits per heavy atom. The third kappa shape index (κ3) is 2.61. The number of hydrogen-bond donors (Lipinski definition) is 1. The molecule has 1 unspecified atom stereocenters. The zero-order chi connectivity index (χ0) is 13.1. The van der Waals surface area contributed by atoms with Gasteiger partial charge in [0.15, 0.2) is 0 Å². The molecule has 1 atom stereocenters. The molecule has 0 aromatic heterocycles. The highest BCUT2D eigenvalue weighted by Gasteiger charge is 2.25. The average Bonchev–Trinajstić information content (AvgIpc) is 2.38. The van der Waals surface area contributed by atoms with E-state index in [2.05, 4.69) is 0 Å². The Kier molecular flexibility index (Phi) is 3.81. The number of carbonyl (C=O) groups excluding carboxylic acids is 1. The van der Waals surface area contributed by atoms with Crippen LogP contribution >= 0.6 is 0 Å². The van der Waals surface area contributed by atoms with Crippen LogP contribution in [0.2, 0.25) is 0 Å². The molecule has 4 nitrogen and oxygen atoms in total. The maximum atomic E-state index is 13.6. The minimum Gasteiger partial charge on any atom is -0.508 e. The molecule has 98 valence electrons. The number of rotatable bonds is 2. The van der Waals surface area contributed by atoms with Crippen LogP contribution in [0.5, 0.6) is 5.75 Å². The molecule has 1 aliphatic heterocycles. The van der Waals surface area contributed by atoms with Crippen molar-refractivity contribution in [3.8, 4) is 5.75 Å². The fraction of sp³-hybridized carbons (Fsp3) is 0.462. The van der Waals surface area contributed by atoms with Gasteiger partial charge < -0.3 is 14.7 Å². The van der Waals surface area contributed by atoms with E-state index in [1.54, 1.807) is 4.90 Å². The number of amides is 1. The van der Waals surface area contributed by atoms with Crippen LogP contribution in [0.3, 0.4) is 0 Å². The van der Waals surface area contributed by atoms with Gasteiger partial charge in [-0.3, -0.25) is 4.79 Å². The molecule has 2 rings (SSSR count). The molecule has 18 heavy (non-hydrogen) atoms. The normalized spacial score (nSPS) is 19.9. The van der Waals surface area contributed by atoms with Crippen LogP contribution in [0.15, 0.2) is 18.2 Å². The van der Waals surface area contributed by atoms with Gasteiger partial charge in [0.2, 0.25) is 0 Å². The lowest BCUT2D eigenvalue weighted by atomic mass is 10.1. The number of aromatic hydroxyl groups is 1. The average molecular weight is 253 g/mol. The van der Waals surface area contributed by atoms with E-state index in [9.17, 15) is 9.18 Å². The van der Waals surface area contributed by atoms with E-state index in [-0.39, 0.29) is 23.3 Å². The molecule has 0 aliphatic carbocycles. The van der Waals surface area contributed by atoms with Crippen LogP contribution in [0.1, 0.15) is 23.7 Å². The summed E-state index contributed by atoms with van der Waals surface area (Å²) >= 11 is 0. The molecule has 1 N–H and O–H groups in total. The van der Waals surface area contributed by atoms with Gasteiger partial charge in [-0.25, -0.2) is 4.39 Å². The maximum absolute atomic E-state index is 13.6. The number of phenolic OH excluding ortho intramolecular Hbond substituents is 1. The van der Waals surface area contributed by atoms with Crippen molar-refractivity contribution in [2.75, 3.05) is 19.7 Å². The largest absolute Gasteiger partial charge is 0.508 e. The van der Waals surface area contributed by atoms with Gasteiger partial charge in [-0.15, -0.1) is 0 Å². The molecule has 1 amide bonds. The van der Waals surface area contributed by atoms with E-state index >= 15 is 0 Å². The van der Waals surface area contributed by atoms with Gasteiger partial charge in [0.25, 0.3) is 5.91 Å². The molecule has 1 aromatic rings. The molecular formula is C13H16FNO3. The SMILES string of the molecule is CCC1CN(C(=O)c2ccc(O)cc2F)CCO1. The van der Waals surface area contributed by atoms with Crippen molar-refractivity contribution in [1.29, 1.82) is 0 Å². The summed E-state index contributed by atoms with van der Waals surface area (Å²) in [6, 6.07) is 3.57. The second-order valence-electron chi connectivity index (χ2n) is 4.32. The number of morpholine rings is 1. The third-order valence-corrected chi connectivity index (χ3v) is 3.06. The lowest BCUT2D eigenvalue weighted by molar-refractivity contribution is -0.0227. The van der Waals surface area contributed by atoms with Gasteiger partial charge in [-0.2, -0.15) is 0 Å². The number of phenols is 1. The van der Waals surface area contributed by atoms with Crippen LogP contribution in [0, 0.1) is 5.82 Å². The van der Waals surface area contributed by atoms with Crippen molar-refractivity contribution in [2.24, 2.45) is 0 Å². The van der Waals surface area contributed by atoms with Gasteiger partial charge in [0, 0.05) is 19.2 Å². The van der Waals surface area contributed by atoms with E-state index in [0.29, 0.717) is 19.7 Å². The van der Waals surface area contributed by atoms with Gasteiger partial charge in [-0.05, 0) is 18.6 Å². The van der Waals surface area contributed by atoms with Crippen molar-refractivity contribution < 1.29 is 19.0 Å². The molecule has 1 aliphatic rings. The van der Waals surface area contributed by atoms with Gasteiger partial charge in [0.05, 0.1) is 18.3 Å². The molecular weight excluding hydrogens is 237 g/mol. The molecule has 0 saturated carbocycles. The van der Waals surface area contributed by atoms with Crippen LogP contribution < -0.4 is 0 Å². The number of ether oxygens (including phenoxy) is 1. The summed E-state index contributed by atoms with van der Waals surface area (Å²) in [5.41, 5.74) is -0.00967. The van der Waals surface area contributed by atoms with Crippen molar-refractivity contribution in [2.45, 2.75) is 19.4 Å². The lowest BCUT2D eigenvalue weighted by Crippen LogP contribution is -2.45. The number of benzene rings is 1. The predicted molar refractivity (Wildman–Crippen MR) is 64.0 cm³/mol. The minimum absolute atomic E-state index is 0.00967. The first-order valence-electron chi connectivity index (χ1n) is 6.01. The lowest BCUT2D eigenvalue weighted by Gasteiger charge is -2.32. The van der Waals surface area contributed by atoms with Gasteiger partial charge in [-0.1, -0.05) is 6.92 Å². The van der Waals surface area contributed by atoms with E-state index in [1.807, 2.05) is 6.92 Å². The first kappa shape index (κ1) is 12.8. The Balaban J connectivity index is 2.15. The van der Waals surface area contributed by atoms with Crippen LogP contribution in [0.25, 0.3) is 0 Å². The first-order chi connectivity index (χ1) is 8.61. The number of hydrogen-bond acceptors (Lipinski definition) is 3. The Hall–Kier alpha value is -1.62. The van der Waals surface area contributed by atoms with E-state index < -0.39 is 5.82 Å². The van der Waals surface area contributed by atoms with E-state index in [0.717, 1.165) is 12.5 Å². The van der Waals surface area contributed by atoms with E-state index in [4.69, 9.17) is 9.84 Å². The standard InChI is InChI=1S/C13H16FNO3/c1-2-10-8-15(5-6-18-10)13(17)11-4-3-9(16)7-12(11)14/h3-4,7,10,16H,2,5-6,8H2,1H3. The fourth-order valence-corrected chi connectivity index (χ4v) is 2.00. The van der Waals surface area contributed by atoms with Crippen molar-refractivity contribution in [3.63, 3.8) is 0 Å². The molecule has 1 saturated heterocycles. The molecule has 0 radical (unpaired) electrons. The first-order valence-corrected chi connectivity index (χ1v) is 6.01. The van der Waals surface area contributed by atoms with Crippen molar-refractivity contribution in [1.82, 2.24) is 4.90 Å². The molecule has 1 aromatic carbocycles. The third-order valence-electron chi connectivity index (χ3n) is 3.06. The van der Waals surface area contributed by atoms with Gasteiger partial charge >= 0.3 is 0 Å². The smallest absolute Gasteiger partial charge is 0.257 e. The van der Waals surface area contributed by atoms with Gasteiger partial charge in [0.1, 0.15) is 11.6 Å². The fourth-order valence-electron chi connectivity index (χ4n) is 2.00. The summed E-state index contributed by atoms with van der Waals surface area (Å²) < 4.78 is 19.1. The Bertz CT molecular complexity index is 450. The maximum Gasteiger partial charge on any atom is 0.257 e. The molecule has 0 bridgehead atoms. The highest BCUT2D eigenvalue weighted by molar-refractivity contribution is 5.94. The van der Waals surface area contributed by atoms with Crippen LogP contribution in [0.4, 0.5) is 4.39 Å². The monoisotopic (exact) mass is 253 g/mol. The molecule has 0 spiro atoms. The Morgan fingerprint density at radius 1 is 1.61 bits per heavy atom. The highest BCUT2D eigenvalue weighted by atomic mass is 19.1. The second-order valence-corrected chi connectivity index (χ2v) is 4.32. The van der Waals surface area contributed by atoms with Crippen LogP contribution in [-0.4, -0.2) is 41.7 Å². The molecule has 1 fully saturated rings. The van der Waals surface area contributed by atoms with Crippen molar-refractivity contribution >= 4 is 5.91 Å². The summed E-state index contributed by atoms with van der Waals surface area (Å²) in [6.45, 7) is 3.41. The highest BCUT2D eigenvalue weighted by Crippen LogP contribution is 2.18. The van der Waals surface area contributed by atoms with Crippen molar-refractivity contribution in [3.05, 3.63) is 29.6 Å². The Morgan fingerprint density at radius 3 is 3.06 bits per heavy atom. The zero-order valence-corrected chi connectivity index (χ0v) is 10.2. The minimum atomic E-state index is -0.695. The summed E-state index contributed by atoms with van der Waals surface area (Å²) in [5, 5.41) is 9.12. The quantitative estimate of drug-likeness (QED) is 0.874. The molecule has 5 heteroatoms. The summed E-state index contributed by atoms with van der Waals surface area (Å²) in [6.07, 6.45) is 0.838.